The van der Waals surface area contributed by atoms with Crippen molar-refractivity contribution in [1.29, 1.82) is 0 Å². The number of hydrogen-bond donors (Lipinski definition) is 0. The van der Waals surface area contributed by atoms with Crippen LogP contribution >= 0.6 is 0 Å². The average molecular weight is 332 g/mol. The number of ether oxygens (including phenoxy) is 1. The summed E-state index contributed by atoms with van der Waals surface area (Å²) in [6.07, 6.45) is 2.66. The van der Waals surface area contributed by atoms with Gasteiger partial charge in [-0.05, 0) is 44.0 Å². The van der Waals surface area contributed by atoms with Crippen molar-refractivity contribution in [2.75, 3.05) is 6.54 Å². The van der Waals surface area contributed by atoms with Crippen molar-refractivity contribution in [2.45, 2.75) is 31.9 Å². The van der Waals surface area contributed by atoms with E-state index in [0.717, 1.165) is 30.7 Å². The van der Waals surface area contributed by atoms with E-state index in [9.17, 15) is 13.6 Å². The monoisotopic (exact) mass is 332 g/mol. The van der Waals surface area contributed by atoms with Gasteiger partial charge in [0.2, 0.25) is 0 Å². The molecule has 0 aliphatic carbocycles. The topological polar surface area (TPSA) is 42.4 Å². The van der Waals surface area contributed by atoms with Crippen LogP contribution in [0, 0.1) is 11.6 Å². The highest BCUT2D eigenvalue weighted by Crippen LogP contribution is 2.31. The van der Waals surface area contributed by atoms with Crippen molar-refractivity contribution in [2.24, 2.45) is 0 Å². The zero-order valence-corrected chi connectivity index (χ0v) is 13.3. The molecule has 3 rings (SSSR count). The zero-order valence-electron chi connectivity index (χ0n) is 13.3. The van der Waals surface area contributed by atoms with Crippen LogP contribution in [0.1, 0.15) is 31.5 Å². The molecule has 1 amide bonds. The van der Waals surface area contributed by atoms with E-state index in [-0.39, 0.29) is 17.7 Å². The number of carbonyl (C=O) groups is 1. The molecule has 0 bridgehead atoms. The van der Waals surface area contributed by atoms with Crippen molar-refractivity contribution in [1.82, 2.24) is 9.88 Å². The van der Waals surface area contributed by atoms with Gasteiger partial charge < -0.3 is 9.64 Å². The first-order valence-electron chi connectivity index (χ1n) is 7.89. The average Bonchev–Trinajstić information content (AvgIpc) is 3.08. The molecule has 2 atom stereocenters. The molecule has 1 saturated heterocycles. The third-order valence-corrected chi connectivity index (χ3v) is 4.12. The Balaban J connectivity index is 1.71. The van der Waals surface area contributed by atoms with Crippen LogP contribution in [0.15, 0.2) is 42.6 Å². The standard InChI is InChI=1S/C18H18F2N2O2/c1-12(24-13-7-8-14(19)15(20)11-13)18(23)22-10-4-6-17(22)16-5-2-3-9-21-16/h2-3,5,7-9,11-12,17H,4,6,10H2,1H3. The fourth-order valence-corrected chi connectivity index (χ4v) is 2.95. The first-order chi connectivity index (χ1) is 11.6. The fraction of sp³-hybridized carbons (Fsp3) is 0.333. The molecule has 0 radical (unpaired) electrons. The first-order valence-corrected chi connectivity index (χ1v) is 7.89. The number of pyridine rings is 1. The molecule has 2 aromatic rings. The van der Waals surface area contributed by atoms with Gasteiger partial charge in [0.15, 0.2) is 17.7 Å². The number of halogens is 2. The Kier molecular flexibility index (Phi) is 4.74. The first kappa shape index (κ1) is 16.4. The maximum absolute atomic E-state index is 13.3. The molecule has 6 heteroatoms. The summed E-state index contributed by atoms with van der Waals surface area (Å²) in [7, 11) is 0. The van der Waals surface area contributed by atoms with Crippen LogP contribution in [0.25, 0.3) is 0 Å². The summed E-state index contributed by atoms with van der Waals surface area (Å²) in [5.41, 5.74) is 0.850. The number of aromatic nitrogens is 1. The summed E-state index contributed by atoms with van der Waals surface area (Å²) in [5.74, 6) is -2.01. The van der Waals surface area contributed by atoms with Crippen molar-refractivity contribution < 1.29 is 18.3 Å². The van der Waals surface area contributed by atoms with E-state index in [4.69, 9.17) is 4.74 Å². The molecular formula is C18H18F2N2O2. The predicted octanol–water partition coefficient (Wildman–Crippen LogP) is 3.49. The van der Waals surface area contributed by atoms with Crippen LogP contribution in [-0.2, 0) is 4.79 Å². The molecule has 0 saturated carbocycles. The van der Waals surface area contributed by atoms with Crippen molar-refractivity contribution in [3.8, 4) is 5.75 Å². The van der Waals surface area contributed by atoms with Gasteiger partial charge in [0.25, 0.3) is 5.91 Å². The van der Waals surface area contributed by atoms with Gasteiger partial charge in [-0.2, -0.15) is 0 Å². The molecule has 2 unspecified atom stereocenters. The number of benzene rings is 1. The molecule has 2 heterocycles. The highest BCUT2D eigenvalue weighted by atomic mass is 19.2. The van der Waals surface area contributed by atoms with Crippen molar-refractivity contribution >= 4 is 5.91 Å². The lowest BCUT2D eigenvalue weighted by atomic mass is 10.1. The van der Waals surface area contributed by atoms with E-state index < -0.39 is 17.7 Å². The third-order valence-electron chi connectivity index (χ3n) is 4.12. The molecule has 126 valence electrons. The molecule has 1 fully saturated rings. The van der Waals surface area contributed by atoms with E-state index >= 15 is 0 Å². The van der Waals surface area contributed by atoms with Gasteiger partial charge in [0, 0.05) is 18.8 Å². The normalized spacial score (nSPS) is 18.5. The molecule has 24 heavy (non-hydrogen) atoms. The molecule has 4 nitrogen and oxygen atoms in total. The summed E-state index contributed by atoms with van der Waals surface area (Å²) in [5, 5.41) is 0. The van der Waals surface area contributed by atoms with E-state index in [1.807, 2.05) is 18.2 Å². The van der Waals surface area contributed by atoms with Crippen LogP contribution in [0.5, 0.6) is 5.75 Å². The Morgan fingerprint density at radius 3 is 2.83 bits per heavy atom. The maximum Gasteiger partial charge on any atom is 0.263 e. The highest BCUT2D eigenvalue weighted by molar-refractivity contribution is 5.81. The summed E-state index contributed by atoms with van der Waals surface area (Å²) >= 11 is 0. The van der Waals surface area contributed by atoms with E-state index in [1.165, 1.54) is 6.07 Å². The Labute approximate surface area is 139 Å². The van der Waals surface area contributed by atoms with Crippen molar-refractivity contribution in [3.05, 3.63) is 59.9 Å². The number of carbonyl (C=O) groups excluding carboxylic acids is 1. The minimum absolute atomic E-state index is 0.0743. The van der Waals surface area contributed by atoms with E-state index in [0.29, 0.717) is 6.54 Å². The Hall–Kier alpha value is -2.50. The van der Waals surface area contributed by atoms with Gasteiger partial charge in [0.1, 0.15) is 5.75 Å². The molecule has 0 spiro atoms. The van der Waals surface area contributed by atoms with Crippen LogP contribution in [0.4, 0.5) is 8.78 Å². The predicted molar refractivity (Wildman–Crippen MR) is 84.4 cm³/mol. The Morgan fingerprint density at radius 1 is 1.29 bits per heavy atom. The van der Waals surface area contributed by atoms with Gasteiger partial charge in [-0.1, -0.05) is 6.07 Å². The number of amides is 1. The zero-order chi connectivity index (χ0) is 17.1. The molecule has 1 aromatic carbocycles. The van der Waals surface area contributed by atoms with Gasteiger partial charge in [-0.15, -0.1) is 0 Å². The summed E-state index contributed by atoms with van der Waals surface area (Å²) in [6, 6.07) is 8.78. The van der Waals surface area contributed by atoms with Crippen LogP contribution in [-0.4, -0.2) is 28.4 Å². The van der Waals surface area contributed by atoms with Gasteiger partial charge >= 0.3 is 0 Å². The fourth-order valence-electron chi connectivity index (χ4n) is 2.95. The Bertz CT molecular complexity index is 724. The van der Waals surface area contributed by atoms with Crippen LogP contribution in [0.2, 0.25) is 0 Å². The molecule has 1 aliphatic heterocycles. The van der Waals surface area contributed by atoms with E-state index in [1.54, 1.807) is 18.0 Å². The number of likely N-dealkylation sites (tertiary alicyclic amines) is 1. The lowest BCUT2D eigenvalue weighted by molar-refractivity contribution is -0.139. The molecular weight excluding hydrogens is 314 g/mol. The minimum Gasteiger partial charge on any atom is -0.481 e. The van der Waals surface area contributed by atoms with Gasteiger partial charge in [-0.3, -0.25) is 9.78 Å². The lowest BCUT2D eigenvalue weighted by Gasteiger charge is -2.27. The maximum atomic E-state index is 13.3. The van der Waals surface area contributed by atoms with Crippen LogP contribution in [0.3, 0.4) is 0 Å². The van der Waals surface area contributed by atoms with E-state index in [2.05, 4.69) is 4.98 Å². The molecule has 0 N–H and O–H groups in total. The summed E-state index contributed by atoms with van der Waals surface area (Å²) < 4.78 is 31.7. The second-order valence-electron chi connectivity index (χ2n) is 5.78. The SMILES string of the molecule is CC(Oc1ccc(F)c(F)c1)C(=O)N1CCCC1c1ccccn1. The Morgan fingerprint density at radius 2 is 2.12 bits per heavy atom. The number of nitrogens with zero attached hydrogens (tertiary/aromatic N) is 2. The quantitative estimate of drug-likeness (QED) is 0.861. The smallest absolute Gasteiger partial charge is 0.263 e. The largest absolute Gasteiger partial charge is 0.481 e. The number of hydrogen-bond acceptors (Lipinski definition) is 3. The minimum atomic E-state index is -1.00. The second kappa shape index (κ2) is 6.95. The molecule has 1 aliphatic rings. The highest BCUT2D eigenvalue weighted by Gasteiger charge is 2.33. The summed E-state index contributed by atoms with van der Waals surface area (Å²) in [4.78, 5) is 18.8. The second-order valence-corrected chi connectivity index (χ2v) is 5.78. The van der Waals surface area contributed by atoms with Crippen molar-refractivity contribution in [3.63, 3.8) is 0 Å². The van der Waals surface area contributed by atoms with Crippen LogP contribution < -0.4 is 4.74 Å². The number of rotatable bonds is 4. The molecule has 1 aromatic heterocycles. The summed E-state index contributed by atoms with van der Waals surface area (Å²) in [6.45, 7) is 2.24. The van der Waals surface area contributed by atoms with Gasteiger partial charge in [0.05, 0.1) is 11.7 Å². The third kappa shape index (κ3) is 3.37. The lowest BCUT2D eigenvalue weighted by Crippen LogP contribution is -2.40. The van der Waals surface area contributed by atoms with Gasteiger partial charge in [-0.25, -0.2) is 8.78 Å².